The molecule has 3 aromatic rings. The highest BCUT2D eigenvalue weighted by atomic mass is 35.5. The largest absolute Gasteiger partial charge is 0.325 e. The summed E-state index contributed by atoms with van der Waals surface area (Å²) in [7, 11) is -3.91. The molecule has 0 aliphatic heterocycles. The van der Waals surface area contributed by atoms with Gasteiger partial charge in [-0.15, -0.1) is 0 Å². The van der Waals surface area contributed by atoms with E-state index in [2.05, 4.69) is 5.32 Å². The van der Waals surface area contributed by atoms with Crippen LogP contribution < -0.4 is 5.32 Å². The predicted octanol–water partition coefficient (Wildman–Crippen LogP) is 5.45. The zero-order valence-corrected chi connectivity index (χ0v) is 20.9. The topological polar surface area (TPSA) is 66.5 Å². The normalized spacial score (nSPS) is 11.6. The van der Waals surface area contributed by atoms with Crippen molar-refractivity contribution < 1.29 is 13.2 Å². The highest BCUT2D eigenvalue weighted by molar-refractivity contribution is 7.89. The van der Waals surface area contributed by atoms with Gasteiger partial charge in [0.25, 0.3) is 0 Å². The Morgan fingerprint density at radius 1 is 0.909 bits per heavy atom. The summed E-state index contributed by atoms with van der Waals surface area (Å²) in [4.78, 5) is 13.1. The molecule has 3 aromatic carbocycles. The first-order chi connectivity index (χ1) is 15.6. The van der Waals surface area contributed by atoms with Gasteiger partial charge in [-0.25, -0.2) is 8.42 Å². The lowest BCUT2D eigenvalue weighted by Crippen LogP contribution is -2.39. The van der Waals surface area contributed by atoms with Crippen molar-refractivity contribution in [3.8, 4) is 0 Å². The number of hydrogen-bond acceptors (Lipinski definition) is 3. The van der Waals surface area contributed by atoms with Crippen LogP contribution in [-0.4, -0.2) is 31.7 Å². The molecule has 0 heterocycles. The van der Waals surface area contributed by atoms with Gasteiger partial charge in [0.2, 0.25) is 15.9 Å². The molecule has 0 radical (unpaired) electrons. The summed E-state index contributed by atoms with van der Waals surface area (Å²) in [5.41, 5.74) is 4.76. The number of sulfonamides is 1. The maximum Gasteiger partial charge on any atom is 0.244 e. The van der Waals surface area contributed by atoms with Crippen LogP contribution in [0.15, 0.2) is 65.6 Å². The Kier molecular flexibility index (Phi) is 7.95. The average Bonchev–Trinajstić information content (AvgIpc) is 2.73. The molecule has 1 amide bonds. The van der Waals surface area contributed by atoms with E-state index in [0.717, 1.165) is 16.7 Å². The first-order valence-corrected chi connectivity index (χ1v) is 12.6. The molecule has 0 unspecified atom stereocenters. The minimum atomic E-state index is -3.91. The van der Waals surface area contributed by atoms with Crippen LogP contribution in [-0.2, 0) is 21.2 Å². The quantitative estimate of drug-likeness (QED) is 0.462. The number of nitrogens with one attached hydrogen (secondary N) is 1. The molecule has 174 valence electrons. The molecule has 0 saturated carbocycles. The molecule has 5 nitrogen and oxygen atoms in total. The van der Waals surface area contributed by atoms with Crippen molar-refractivity contribution in [1.29, 1.82) is 0 Å². The van der Waals surface area contributed by atoms with E-state index in [1.165, 1.54) is 4.31 Å². The Morgan fingerprint density at radius 3 is 2.15 bits per heavy atom. The van der Waals surface area contributed by atoms with Gasteiger partial charge in [-0.05, 0) is 68.5 Å². The van der Waals surface area contributed by atoms with Gasteiger partial charge in [0, 0.05) is 17.3 Å². The number of benzene rings is 3. The van der Waals surface area contributed by atoms with Crippen LogP contribution in [0.4, 0.5) is 5.69 Å². The third kappa shape index (κ3) is 6.22. The molecule has 7 heteroatoms. The van der Waals surface area contributed by atoms with Gasteiger partial charge in [-0.1, -0.05) is 65.7 Å². The molecule has 0 aliphatic carbocycles. The summed E-state index contributed by atoms with van der Waals surface area (Å²) < 4.78 is 28.7. The lowest BCUT2D eigenvalue weighted by Gasteiger charge is -2.24. The summed E-state index contributed by atoms with van der Waals surface area (Å²) in [5, 5.41) is 3.31. The molecule has 0 aromatic heterocycles. The number of nitrogens with zero attached hydrogens (tertiary/aromatic N) is 1. The maximum atomic E-state index is 13.7. The molecule has 0 fully saturated rings. The fourth-order valence-electron chi connectivity index (χ4n) is 3.92. The highest BCUT2D eigenvalue weighted by Gasteiger charge is 2.29. The number of rotatable bonds is 8. The number of aryl methyl sites for hydroxylation is 4. The zero-order valence-electron chi connectivity index (χ0n) is 19.4. The van der Waals surface area contributed by atoms with E-state index in [9.17, 15) is 13.2 Å². The number of carbonyl (C=O) groups is 1. The van der Waals surface area contributed by atoms with E-state index in [-0.39, 0.29) is 18.0 Å². The van der Waals surface area contributed by atoms with E-state index in [1.807, 2.05) is 56.3 Å². The van der Waals surface area contributed by atoms with Gasteiger partial charge in [0.1, 0.15) is 0 Å². The predicted molar refractivity (Wildman–Crippen MR) is 134 cm³/mol. The fraction of sp³-hybridized carbons (Fsp3) is 0.269. The summed E-state index contributed by atoms with van der Waals surface area (Å²) >= 11 is 6.16. The summed E-state index contributed by atoms with van der Waals surface area (Å²) in [5.74, 6) is -0.422. The number of amides is 1. The van der Waals surface area contributed by atoms with Gasteiger partial charge in [-0.3, -0.25) is 4.79 Å². The lowest BCUT2D eigenvalue weighted by atomic mass is 10.1. The Morgan fingerprint density at radius 2 is 1.55 bits per heavy atom. The van der Waals surface area contributed by atoms with Crippen LogP contribution in [0.25, 0.3) is 0 Å². The second kappa shape index (κ2) is 10.5. The van der Waals surface area contributed by atoms with Crippen molar-refractivity contribution >= 4 is 33.2 Å². The van der Waals surface area contributed by atoms with E-state index in [1.54, 1.807) is 32.0 Å². The van der Waals surface area contributed by atoms with Gasteiger partial charge in [0.05, 0.1) is 11.4 Å². The van der Waals surface area contributed by atoms with Crippen molar-refractivity contribution in [3.63, 3.8) is 0 Å². The van der Waals surface area contributed by atoms with Crippen molar-refractivity contribution in [2.75, 3.05) is 18.4 Å². The van der Waals surface area contributed by atoms with Crippen molar-refractivity contribution in [3.05, 3.63) is 93.5 Å². The first-order valence-electron chi connectivity index (χ1n) is 10.8. The standard InChI is InChI=1S/C26H29ClN2O3S/c1-18-14-20(3)26(21(4)15-18)33(31,32)29(13-12-22-8-6-5-7-9-22)17-25(30)28-23-11-10-19(2)24(27)16-23/h5-11,14-16H,12-13,17H2,1-4H3,(H,28,30). The van der Waals surface area contributed by atoms with Crippen molar-refractivity contribution in [2.45, 2.75) is 39.0 Å². The Labute approximate surface area is 201 Å². The van der Waals surface area contributed by atoms with E-state index in [0.29, 0.717) is 28.3 Å². The van der Waals surface area contributed by atoms with Crippen molar-refractivity contribution in [1.82, 2.24) is 4.31 Å². The minimum Gasteiger partial charge on any atom is -0.325 e. The van der Waals surface area contributed by atoms with E-state index < -0.39 is 15.9 Å². The molecule has 0 saturated heterocycles. The van der Waals surface area contributed by atoms with Crippen LogP contribution in [0.1, 0.15) is 27.8 Å². The molecule has 0 aliphatic rings. The van der Waals surface area contributed by atoms with Gasteiger partial charge in [0.15, 0.2) is 0 Å². The summed E-state index contributed by atoms with van der Waals surface area (Å²) in [6, 6.07) is 18.5. The summed E-state index contributed by atoms with van der Waals surface area (Å²) in [6.45, 7) is 7.27. The van der Waals surface area contributed by atoms with Gasteiger partial charge < -0.3 is 5.32 Å². The Hall–Kier alpha value is -2.67. The van der Waals surface area contributed by atoms with Crippen LogP contribution in [0.5, 0.6) is 0 Å². The zero-order chi connectivity index (χ0) is 24.2. The second-order valence-electron chi connectivity index (χ2n) is 8.31. The SMILES string of the molecule is Cc1cc(C)c(S(=O)(=O)N(CCc2ccccc2)CC(=O)Nc2ccc(C)c(Cl)c2)c(C)c1. The fourth-order valence-corrected chi connectivity index (χ4v) is 5.91. The van der Waals surface area contributed by atoms with E-state index in [4.69, 9.17) is 11.6 Å². The van der Waals surface area contributed by atoms with E-state index >= 15 is 0 Å². The van der Waals surface area contributed by atoms with Gasteiger partial charge in [-0.2, -0.15) is 4.31 Å². The van der Waals surface area contributed by atoms with Crippen LogP contribution in [0, 0.1) is 27.7 Å². The molecule has 0 bridgehead atoms. The number of halogens is 1. The number of hydrogen-bond donors (Lipinski definition) is 1. The van der Waals surface area contributed by atoms with Crippen LogP contribution in [0.2, 0.25) is 5.02 Å². The average molecular weight is 485 g/mol. The van der Waals surface area contributed by atoms with Crippen molar-refractivity contribution in [2.24, 2.45) is 0 Å². The molecule has 0 spiro atoms. The number of carbonyl (C=O) groups excluding carboxylic acids is 1. The molecule has 1 N–H and O–H groups in total. The maximum absolute atomic E-state index is 13.7. The number of anilines is 1. The molecule has 33 heavy (non-hydrogen) atoms. The Balaban J connectivity index is 1.90. The minimum absolute atomic E-state index is 0.182. The van der Waals surface area contributed by atoms with Crippen LogP contribution in [0.3, 0.4) is 0 Å². The second-order valence-corrected chi connectivity index (χ2v) is 10.6. The summed E-state index contributed by atoms with van der Waals surface area (Å²) in [6.07, 6.45) is 0.494. The molecule has 3 rings (SSSR count). The molecule has 0 atom stereocenters. The smallest absolute Gasteiger partial charge is 0.244 e. The molecular formula is C26H29ClN2O3S. The first kappa shape index (κ1) is 25.0. The third-order valence-electron chi connectivity index (χ3n) is 5.47. The highest BCUT2D eigenvalue weighted by Crippen LogP contribution is 2.26. The Bertz CT molecular complexity index is 1230. The molecular weight excluding hydrogens is 456 g/mol. The van der Waals surface area contributed by atoms with Crippen LogP contribution >= 0.6 is 11.6 Å². The monoisotopic (exact) mass is 484 g/mol. The lowest BCUT2D eigenvalue weighted by molar-refractivity contribution is -0.116. The van der Waals surface area contributed by atoms with Gasteiger partial charge >= 0.3 is 0 Å². The third-order valence-corrected chi connectivity index (χ3v) is 8.03.